The number of hydrogen-bond donors (Lipinski definition) is 0. The molecule has 6 heteroatoms. The summed E-state index contributed by atoms with van der Waals surface area (Å²) < 4.78 is 16.0. The fourth-order valence-corrected chi connectivity index (χ4v) is 3.19. The van der Waals surface area contributed by atoms with E-state index in [2.05, 4.69) is 5.10 Å². The average molecular weight is 368 g/mol. The molecule has 0 saturated heterocycles. The van der Waals surface area contributed by atoms with Crippen LogP contribution in [0.25, 0.3) is 0 Å². The first-order valence-electron chi connectivity index (χ1n) is 8.87. The van der Waals surface area contributed by atoms with Gasteiger partial charge in [0.25, 0.3) is 0 Å². The first-order valence-corrected chi connectivity index (χ1v) is 8.87. The van der Waals surface area contributed by atoms with Gasteiger partial charge in [0.15, 0.2) is 0 Å². The van der Waals surface area contributed by atoms with Crippen molar-refractivity contribution < 1.29 is 19.0 Å². The van der Waals surface area contributed by atoms with Crippen LogP contribution in [0.4, 0.5) is 0 Å². The Balaban J connectivity index is 1.97. The molecule has 0 spiro atoms. The van der Waals surface area contributed by atoms with Gasteiger partial charge >= 0.3 is 0 Å². The van der Waals surface area contributed by atoms with E-state index in [-0.39, 0.29) is 11.9 Å². The molecule has 0 bridgehead atoms. The van der Waals surface area contributed by atoms with Crippen LogP contribution in [0, 0.1) is 0 Å². The summed E-state index contributed by atoms with van der Waals surface area (Å²) >= 11 is 0. The third-order valence-corrected chi connectivity index (χ3v) is 4.69. The normalized spacial score (nSPS) is 16.1. The Bertz CT molecular complexity index is 846. The van der Waals surface area contributed by atoms with Crippen molar-refractivity contribution in [2.45, 2.75) is 25.8 Å². The smallest absolute Gasteiger partial charge is 0.242 e. The first-order chi connectivity index (χ1) is 13.1. The Hall–Kier alpha value is -3.02. The SMILES string of the molecule is CCC(=O)N1N=C(c2ccc(OC)cc2OC)CC1c1ccc(OC)cc1. The van der Waals surface area contributed by atoms with Gasteiger partial charge < -0.3 is 14.2 Å². The number of nitrogens with zero attached hydrogens (tertiary/aromatic N) is 2. The van der Waals surface area contributed by atoms with E-state index in [1.165, 1.54) is 0 Å². The Morgan fingerprint density at radius 2 is 1.70 bits per heavy atom. The van der Waals surface area contributed by atoms with E-state index in [1.54, 1.807) is 26.3 Å². The molecule has 1 atom stereocenters. The van der Waals surface area contributed by atoms with Crippen LogP contribution >= 0.6 is 0 Å². The number of rotatable bonds is 6. The van der Waals surface area contributed by atoms with Gasteiger partial charge in [-0.25, -0.2) is 5.01 Å². The summed E-state index contributed by atoms with van der Waals surface area (Å²) in [5.74, 6) is 2.15. The van der Waals surface area contributed by atoms with Crippen molar-refractivity contribution in [3.63, 3.8) is 0 Å². The van der Waals surface area contributed by atoms with Crippen LogP contribution in [0.1, 0.15) is 36.9 Å². The van der Waals surface area contributed by atoms with Gasteiger partial charge in [-0.1, -0.05) is 19.1 Å². The highest BCUT2D eigenvalue weighted by Crippen LogP contribution is 2.36. The maximum atomic E-state index is 12.5. The number of benzene rings is 2. The Morgan fingerprint density at radius 1 is 1.04 bits per heavy atom. The highest BCUT2D eigenvalue weighted by molar-refractivity contribution is 6.05. The zero-order chi connectivity index (χ0) is 19.4. The molecule has 1 amide bonds. The molecule has 1 aliphatic rings. The van der Waals surface area contributed by atoms with Crippen molar-refractivity contribution in [3.05, 3.63) is 53.6 Å². The molecule has 2 aromatic carbocycles. The predicted octanol–water partition coefficient (Wildman–Crippen LogP) is 3.80. The van der Waals surface area contributed by atoms with Crippen LogP contribution in [-0.4, -0.2) is 38.0 Å². The molecule has 27 heavy (non-hydrogen) atoms. The van der Waals surface area contributed by atoms with Gasteiger partial charge in [-0.2, -0.15) is 5.10 Å². The first kappa shape index (κ1) is 18.8. The van der Waals surface area contributed by atoms with Gasteiger partial charge in [0, 0.05) is 24.5 Å². The van der Waals surface area contributed by atoms with Gasteiger partial charge in [-0.3, -0.25) is 4.79 Å². The third kappa shape index (κ3) is 3.74. The van der Waals surface area contributed by atoms with Crippen molar-refractivity contribution >= 4 is 11.6 Å². The van der Waals surface area contributed by atoms with Crippen LogP contribution in [0.15, 0.2) is 47.6 Å². The highest BCUT2D eigenvalue weighted by atomic mass is 16.5. The fourth-order valence-electron chi connectivity index (χ4n) is 3.19. The van der Waals surface area contributed by atoms with Crippen LogP contribution in [-0.2, 0) is 4.79 Å². The van der Waals surface area contributed by atoms with E-state index in [0.717, 1.165) is 22.6 Å². The maximum Gasteiger partial charge on any atom is 0.242 e. The summed E-state index contributed by atoms with van der Waals surface area (Å²) in [5, 5.41) is 6.23. The molecule has 0 aromatic heterocycles. The van der Waals surface area contributed by atoms with E-state index in [1.807, 2.05) is 49.4 Å². The summed E-state index contributed by atoms with van der Waals surface area (Å²) in [4.78, 5) is 12.5. The minimum Gasteiger partial charge on any atom is -0.497 e. The molecular formula is C21H24N2O4. The summed E-state index contributed by atoms with van der Waals surface area (Å²) in [6.07, 6.45) is 1.00. The maximum absolute atomic E-state index is 12.5. The van der Waals surface area contributed by atoms with E-state index in [4.69, 9.17) is 14.2 Å². The Morgan fingerprint density at radius 3 is 2.30 bits per heavy atom. The van der Waals surface area contributed by atoms with Crippen LogP contribution in [0.2, 0.25) is 0 Å². The molecule has 1 unspecified atom stereocenters. The summed E-state index contributed by atoms with van der Waals surface area (Å²) in [5.41, 5.74) is 2.70. The Labute approximate surface area is 159 Å². The molecule has 0 saturated carbocycles. The van der Waals surface area contributed by atoms with Crippen LogP contribution in [0.3, 0.4) is 0 Å². The molecule has 6 nitrogen and oxygen atoms in total. The lowest BCUT2D eigenvalue weighted by Crippen LogP contribution is -2.26. The quantitative estimate of drug-likeness (QED) is 0.778. The van der Waals surface area contributed by atoms with Crippen molar-refractivity contribution in [2.75, 3.05) is 21.3 Å². The average Bonchev–Trinajstić information content (AvgIpc) is 3.17. The molecule has 0 fully saturated rings. The number of hydrazone groups is 1. The highest BCUT2D eigenvalue weighted by Gasteiger charge is 2.33. The lowest BCUT2D eigenvalue weighted by atomic mass is 9.97. The molecule has 0 N–H and O–H groups in total. The second kappa shape index (κ2) is 8.12. The van der Waals surface area contributed by atoms with Gasteiger partial charge in [-0.05, 0) is 29.8 Å². The van der Waals surface area contributed by atoms with Crippen molar-refractivity contribution in [1.82, 2.24) is 5.01 Å². The summed E-state index contributed by atoms with van der Waals surface area (Å²) in [7, 11) is 4.86. The van der Waals surface area contributed by atoms with Crippen molar-refractivity contribution in [3.8, 4) is 17.2 Å². The largest absolute Gasteiger partial charge is 0.497 e. The van der Waals surface area contributed by atoms with Gasteiger partial charge in [0.05, 0.1) is 33.1 Å². The van der Waals surface area contributed by atoms with Crippen LogP contribution < -0.4 is 14.2 Å². The number of methoxy groups -OCH3 is 3. The molecule has 0 aliphatic carbocycles. The second-order valence-corrected chi connectivity index (χ2v) is 6.20. The molecule has 142 valence electrons. The minimum atomic E-state index is -0.148. The molecule has 1 heterocycles. The zero-order valence-electron chi connectivity index (χ0n) is 16.1. The number of carbonyl (C=O) groups excluding carboxylic acids is 1. The lowest BCUT2D eigenvalue weighted by molar-refractivity contribution is -0.132. The van der Waals surface area contributed by atoms with E-state index in [0.29, 0.717) is 24.3 Å². The molecule has 0 radical (unpaired) electrons. The molecular weight excluding hydrogens is 344 g/mol. The number of amides is 1. The van der Waals surface area contributed by atoms with E-state index < -0.39 is 0 Å². The molecule has 2 aromatic rings. The standard InChI is InChI=1S/C21H24N2O4/c1-5-21(24)23-19(14-6-8-15(25-2)9-7-14)13-18(22-23)17-11-10-16(26-3)12-20(17)27-4/h6-12,19H,5,13H2,1-4H3. The van der Waals surface area contributed by atoms with E-state index >= 15 is 0 Å². The predicted molar refractivity (Wildman–Crippen MR) is 104 cm³/mol. The van der Waals surface area contributed by atoms with Crippen LogP contribution in [0.5, 0.6) is 17.2 Å². The lowest BCUT2D eigenvalue weighted by Gasteiger charge is -2.21. The van der Waals surface area contributed by atoms with Crippen molar-refractivity contribution in [2.24, 2.45) is 5.10 Å². The second-order valence-electron chi connectivity index (χ2n) is 6.20. The van der Waals surface area contributed by atoms with Gasteiger partial charge in [-0.15, -0.1) is 0 Å². The molecule has 1 aliphatic heterocycles. The topological polar surface area (TPSA) is 60.4 Å². The van der Waals surface area contributed by atoms with Crippen molar-refractivity contribution in [1.29, 1.82) is 0 Å². The number of hydrogen-bond acceptors (Lipinski definition) is 5. The van der Waals surface area contributed by atoms with Gasteiger partial charge in [0.2, 0.25) is 5.91 Å². The summed E-state index contributed by atoms with van der Waals surface area (Å²) in [6, 6.07) is 13.2. The van der Waals surface area contributed by atoms with E-state index in [9.17, 15) is 4.79 Å². The summed E-state index contributed by atoms with van der Waals surface area (Å²) in [6.45, 7) is 1.84. The third-order valence-electron chi connectivity index (χ3n) is 4.69. The molecule has 3 rings (SSSR count). The number of carbonyl (C=O) groups is 1. The Kier molecular flexibility index (Phi) is 5.64. The minimum absolute atomic E-state index is 0.0155. The van der Waals surface area contributed by atoms with Gasteiger partial charge in [0.1, 0.15) is 17.2 Å². The number of ether oxygens (including phenoxy) is 3. The monoisotopic (exact) mass is 368 g/mol. The zero-order valence-corrected chi connectivity index (χ0v) is 16.1. The fraction of sp³-hybridized carbons (Fsp3) is 0.333.